The molecule has 1 aliphatic heterocycles. The van der Waals surface area contributed by atoms with E-state index < -0.39 is 0 Å². The van der Waals surface area contributed by atoms with Gasteiger partial charge in [0.05, 0.1) is 11.7 Å². The molecule has 0 bridgehead atoms. The van der Waals surface area contributed by atoms with Gasteiger partial charge in [-0.25, -0.2) is 4.98 Å². The zero-order valence-electron chi connectivity index (χ0n) is 15.9. The molecule has 2 heterocycles. The Balaban J connectivity index is 1.76. The van der Waals surface area contributed by atoms with Gasteiger partial charge in [0, 0.05) is 29.3 Å². The minimum Gasteiger partial charge on any atom is -0.326 e. The standard InChI is InChI=1S/C20H25N3O2S/c1-12-6-7-14(8-13(12)2)21-17(24)9-15-11-26-19-22-16(20(3,4)5)10-18(25)23(15)19/h6-8,10,15H,9,11H2,1-5H3,(H,21,24). The summed E-state index contributed by atoms with van der Waals surface area (Å²) < 4.78 is 1.67. The SMILES string of the molecule is Cc1ccc(NC(=O)CC2CSc3nc(C(C)(C)C)cc(=O)n32)cc1C. The smallest absolute Gasteiger partial charge is 0.254 e. The number of rotatable bonds is 3. The molecular weight excluding hydrogens is 346 g/mol. The molecule has 26 heavy (non-hydrogen) atoms. The van der Waals surface area contributed by atoms with Gasteiger partial charge < -0.3 is 5.32 Å². The van der Waals surface area contributed by atoms with Gasteiger partial charge in [0.25, 0.3) is 5.56 Å². The van der Waals surface area contributed by atoms with Crippen molar-refractivity contribution in [3.63, 3.8) is 0 Å². The maximum atomic E-state index is 12.6. The second-order valence-corrected chi connectivity index (χ2v) is 8.89. The fourth-order valence-corrected chi connectivity index (χ4v) is 4.08. The van der Waals surface area contributed by atoms with E-state index in [4.69, 9.17) is 0 Å². The van der Waals surface area contributed by atoms with Crippen molar-refractivity contribution in [3.8, 4) is 0 Å². The largest absolute Gasteiger partial charge is 0.326 e. The molecule has 1 N–H and O–H groups in total. The topological polar surface area (TPSA) is 64.0 Å². The van der Waals surface area contributed by atoms with Crippen molar-refractivity contribution in [2.45, 2.75) is 57.7 Å². The van der Waals surface area contributed by atoms with Gasteiger partial charge in [-0.15, -0.1) is 0 Å². The third kappa shape index (κ3) is 3.85. The minimum absolute atomic E-state index is 0.0751. The number of carbonyl (C=O) groups is 1. The van der Waals surface area contributed by atoms with Crippen LogP contribution >= 0.6 is 11.8 Å². The summed E-state index contributed by atoms with van der Waals surface area (Å²) in [4.78, 5) is 29.7. The van der Waals surface area contributed by atoms with Gasteiger partial charge >= 0.3 is 0 Å². The predicted octanol–water partition coefficient (Wildman–Crippen LogP) is 3.83. The van der Waals surface area contributed by atoms with E-state index in [1.165, 1.54) is 5.56 Å². The summed E-state index contributed by atoms with van der Waals surface area (Å²) in [7, 11) is 0. The second-order valence-electron chi connectivity index (χ2n) is 7.90. The van der Waals surface area contributed by atoms with E-state index in [-0.39, 0.29) is 29.3 Å². The average Bonchev–Trinajstić information content (AvgIpc) is 2.93. The molecule has 0 radical (unpaired) electrons. The number of nitrogens with one attached hydrogen (secondary N) is 1. The predicted molar refractivity (Wildman–Crippen MR) is 106 cm³/mol. The van der Waals surface area contributed by atoms with Crippen LogP contribution in [0.25, 0.3) is 0 Å². The van der Waals surface area contributed by atoms with Crippen molar-refractivity contribution < 1.29 is 4.79 Å². The Kier molecular flexibility index (Phi) is 4.97. The highest BCUT2D eigenvalue weighted by atomic mass is 32.2. The number of nitrogens with zero attached hydrogens (tertiary/aromatic N) is 2. The lowest BCUT2D eigenvalue weighted by atomic mass is 9.92. The fraction of sp³-hybridized carbons (Fsp3) is 0.450. The van der Waals surface area contributed by atoms with Gasteiger partial charge in [-0.2, -0.15) is 0 Å². The van der Waals surface area contributed by atoms with Gasteiger partial charge in [-0.1, -0.05) is 38.6 Å². The summed E-state index contributed by atoms with van der Waals surface area (Å²) >= 11 is 1.54. The number of anilines is 1. The highest BCUT2D eigenvalue weighted by Crippen LogP contribution is 2.33. The van der Waals surface area contributed by atoms with E-state index in [1.807, 2.05) is 52.8 Å². The second kappa shape index (κ2) is 6.91. The van der Waals surface area contributed by atoms with E-state index in [0.29, 0.717) is 10.9 Å². The highest BCUT2D eigenvalue weighted by molar-refractivity contribution is 7.99. The van der Waals surface area contributed by atoms with Crippen molar-refractivity contribution in [3.05, 3.63) is 51.4 Å². The van der Waals surface area contributed by atoms with Crippen molar-refractivity contribution in [1.29, 1.82) is 0 Å². The van der Waals surface area contributed by atoms with Crippen LogP contribution in [-0.4, -0.2) is 21.2 Å². The van der Waals surface area contributed by atoms with Crippen molar-refractivity contribution >= 4 is 23.4 Å². The number of hydrogen-bond acceptors (Lipinski definition) is 4. The van der Waals surface area contributed by atoms with Crippen LogP contribution < -0.4 is 10.9 Å². The monoisotopic (exact) mass is 371 g/mol. The van der Waals surface area contributed by atoms with Crippen LogP contribution in [0.3, 0.4) is 0 Å². The molecule has 1 aromatic heterocycles. The summed E-state index contributed by atoms with van der Waals surface area (Å²) in [6.07, 6.45) is 0.267. The van der Waals surface area contributed by atoms with E-state index in [2.05, 4.69) is 10.3 Å². The molecule has 5 nitrogen and oxygen atoms in total. The van der Waals surface area contributed by atoms with Crippen LogP contribution in [0.5, 0.6) is 0 Å². The first-order valence-corrected chi connectivity index (χ1v) is 9.77. The first-order chi connectivity index (χ1) is 12.1. The van der Waals surface area contributed by atoms with Crippen LogP contribution in [0.1, 0.15) is 50.1 Å². The summed E-state index contributed by atoms with van der Waals surface area (Å²) in [5.41, 5.74) is 3.66. The molecule has 0 aliphatic carbocycles. The number of benzene rings is 1. The molecule has 1 aliphatic rings. The lowest BCUT2D eigenvalue weighted by Crippen LogP contribution is -2.29. The van der Waals surface area contributed by atoms with Gasteiger partial charge in [-0.05, 0) is 37.1 Å². The Morgan fingerprint density at radius 2 is 2.00 bits per heavy atom. The Morgan fingerprint density at radius 1 is 1.27 bits per heavy atom. The Morgan fingerprint density at radius 3 is 2.65 bits per heavy atom. The average molecular weight is 372 g/mol. The number of hydrogen-bond donors (Lipinski definition) is 1. The molecule has 1 amide bonds. The molecule has 0 saturated heterocycles. The summed E-state index contributed by atoms with van der Waals surface area (Å²) in [5.74, 6) is 0.606. The van der Waals surface area contributed by atoms with E-state index in [9.17, 15) is 9.59 Å². The highest BCUT2D eigenvalue weighted by Gasteiger charge is 2.29. The number of fused-ring (bicyclic) bond motifs is 1. The van der Waals surface area contributed by atoms with Crippen molar-refractivity contribution in [1.82, 2.24) is 9.55 Å². The zero-order valence-corrected chi connectivity index (χ0v) is 16.7. The maximum absolute atomic E-state index is 12.6. The van der Waals surface area contributed by atoms with Crippen molar-refractivity contribution in [2.24, 2.45) is 0 Å². The van der Waals surface area contributed by atoms with Crippen molar-refractivity contribution in [2.75, 3.05) is 11.1 Å². The number of aromatic nitrogens is 2. The third-order valence-electron chi connectivity index (χ3n) is 4.67. The van der Waals surface area contributed by atoms with E-state index in [1.54, 1.807) is 22.4 Å². The zero-order chi connectivity index (χ0) is 19.1. The van der Waals surface area contributed by atoms with E-state index in [0.717, 1.165) is 16.9 Å². The first kappa shape index (κ1) is 18.7. The van der Waals surface area contributed by atoms with Crippen LogP contribution in [-0.2, 0) is 10.2 Å². The van der Waals surface area contributed by atoms with Gasteiger partial charge in [0.1, 0.15) is 0 Å². The summed E-state index contributed by atoms with van der Waals surface area (Å²) in [6, 6.07) is 7.31. The molecule has 3 rings (SSSR count). The van der Waals surface area contributed by atoms with Crippen LogP contribution in [0.15, 0.2) is 34.2 Å². The quantitative estimate of drug-likeness (QED) is 0.833. The molecular formula is C20H25N3O2S. The normalized spacial score (nSPS) is 16.4. The molecule has 1 atom stereocenters. The Labute approximate surface area is 158 Å². The number of aryl methyl sites for hydroxylation is 2. The number of carbonyl (C=O) groups excluding carboxylic acids is 1. The third-order valence-corrected chi connectivity index (χ3v) is 5.77. The first-order valence-electron chi connectivity index (χ1n) is 8.79. The Hall–Kier alpha value is -2.08. The summed E-state index contributed by atoms with van der Waals surface area (Å²) in [6.45, 7) is 10.2. The molecule has 6 heteroatoms. The fourth-order valence-electron chi connectivity index (χ4n) is 2.93. The number of thioether (sulfide) groups is 1. The molecule has 1 unspecified atom stereocenters. The molecule has 138 valence electrons. The van der Waals surface area contributed by atoms with Crippen LogP contribution in [0, 0.1) is 13.8 Å². The van der Waals surface area contributed by atoms with Crippen LogP contribution in [0.2, 0.25) is 0 Å². The lowest BCUT2D eigenvalue weighted by Gasteiger charge is -2.19. The molecule has 0 fully saturated rings. The minimum atomic E-state index is -0.173. The van der Waals surface area contributed by atoms with E-state index >= 15 is 0 Å². The molecule has 0 spiro atoms. The van der Waals surface area contributed by atoms with Gasteiger partial charge in [0.15, 0.2) is 5.16 Å². The van der Waals surface area contributed by atoms with Gasteiger partial charge in [0.2, 0.25) is 5.91 Å². The number of amides is 1. The van der Waals surface area contributed by atoms with Crippen LogP contribution in [0.4, 0.5) is 5.69 Å². The summed E-state index contributed by atoms with van der Waals surface area (Å²) in [5, 5.41) is 3.65. The Bertz CT molecular complexity index is 912. The van der Waals surface area contributed by atoms with Gasteiger partial charge in [-0.3, -0.25) is 14.2 Å². The molecule has 2 aromatic rings. The lowest BCUT2D eigenvalue weighted by molar-refractivity contribution is -0.116. The molecule has 0 saturated carbocycles. The maximum Gasteiger partial charge on any atom is 0.254 e. The molecule has 1 aromatic carbocycles.